The molecule has 4 unspecified atom stereocenters. The molecule has 0 spiro atoms. The molecule has 0 amide bonds. The molecule has 3 heterocycles. The topological polar surface area (TPSA) is 19.4 Å². The molecule has 7 aliphatic rings. The highest BCUT2D eigenvalue weighted by atomic mass is 15.2. The molecule has 5 aliphatic carbocycles. The van der Waals surface area contributed by atoms with Gasteiger partial charge in [-0.15, -0.1) is 0 Å². The summed E-state index contributed by atoms with van der Waals surface area (Å²) in [6.07, 6.45) is 49.5. The van der Waals surface area contributed by atoms with Crippen LogP contribution >= 0.6 is 0 Å². The second kappa shape index (κ2) is 16.5. The number of hydrogen-bond donors (Lipinski definition) is 0. The zero-order chi connectivity index (χ0) is 41.4. The van der Waals surface area contributed by atoms with Crippen LogP contribution in [0.15, 0.2) is 224 Å². The molecule has 3 heteroatoms. The monoisotopic (exact) mass is 801 g/mol. The molecule has 2 aliphatic heterocycles. The summed E-state index contributed by atoms with van der Waals surface area (Å²) in [5.74, 6) is 0.905. The predicted molar refractivity (Wildman–Crippen MR) is 261 cm³/mol. The Labute approximate surface area is 366 Å². The third-order valence-electron chi connectivity index (χ3n) is 13.5. The molecule has 3 aromatic carbocycles. The lowest BCUT2D eigenvalue weighted by molar-refractivity contribution is 0.744. The van der Waals surface area contributed by atoms with E-state index in [1.54, 1.807) is 0 Å². The fourth-order valence-corrected chi connectivity index (χ4v) is 10.3. The Morgan fingerprint density at radius 2 is 1.52 bits per heavy atom. The van der Waals surface area contributed by atoms with Gasteiger partial charge in [0.05, 0.1) is 23.1 Å². The van der Waals surface area contributed by atoms with Crippen molar-refractivity contribution < 1.29 is 0 Å². The summed E-state index contributed by atoms with van der Waals surface area (Å²) >= 11 is 0. The Kier molecular flexibility index (Phi) is 10.1. The van der Waals surface area contributed by atoms with Gasteiger partial charge in [-0.1, -0.05) is 152 Å². The third-order valence-corrected chi connectivity index (χ3v) is 13.5. The highest BCUT2D eigenvalue weighted by Gasteiger charge is 2.39. The predicted octanol–water partition coefficient (Wildman–Crippen LogP) is 14.8. The highest BCUT2D eigenvalue weighted by molar-refractivity contribution is 5.92. The number of benzene rings is 3. The van der Waals surface area contributed by atoms with Crippen LogP contribution in [0.3, 0.4) is 0 Å². The largest absolute Gasteiger partial charge is 0.333 e. The second-order valence-electron chi connectivity index (χ2n) is 17.3. The van der Waals surface area contributed by atoms with Crippen molar-refractivity contribution in [1.82, 2.24) is 4.98 Å². The van der Waals surface area contributed by atoms with E-state index in [-0.39, 0.29) is 12.0 Å². The minimum absolute atomic E-state index is 0.248. The molecule has 0 radical (unpaired) electrons. The van der Waals surface area contributed by atoms with Gasteiger partial charge in [0.15, 0.2) is 0 Å². The zero-order valence-corrected chi connectivity index (χ0v) is 35.2. The van der Waals surface area contributed by atoms with Crippen LogP contribution in [0.1, 0.15) is 89.9 Å². The summed E-state index contributed by atoms with van der Waals surface area (Å²) in [4.78, 5) is 10.2. The molecule has 62 heavy (non-hydrogen) atoms. The van der Waals surface area contributed by atoms with Gasteiger partial charge in [0, 0.05) is 52.2 Å². The van der Waals surface area contributed by atoms with Crippen molar-refractivity contribution in [2.75, 3.05) is 9.80 Å². The summed E-state index contributed by atoms with van der Waals surface area (Å²) < 4.78 is 0. The average Bonchev–Trinajstić information content (AvgIpc) is 3.69. The zero-order valence-electron chi connectivity index (χ0n) is 35.2. The van der Waals surface area contributed by atoms with Gasteiger partial charge in [-0.3, -0.25) is 4.98 Å². The van der Waals surface area contributed by atoms with Crippen LogP contribution in [0.25, 0.3) is 16.7 Å². The number of anilines is 3. The van der Waals surface area contributed by atoms with Crippen molar-refractivity contribution in [3.8, 4) is 0 Å². The van der Waals surface area contributed by atoms with E-state index in [0.29, 0.717) is 11.8 Å². The number of allylic oxidation sites excluding steroid dienone is 22. The van der Waals surface area contributed by atoms with Gasteiger partial charge in [-0.2, -0.15) is 0 Å². The van der Waals surface area contributed by atoms with Crippen molar-refractivity contribution in [3.05, 3.63) is 258 Å². The molecule has 0 bridgehead atoms. The van der Waals surface area contributed by atoms with Crippen molar-refractivity contribution in [3.63, 3.8) is 0 Å². The van der Waals surface area contributed by atoms with E-state index in [0.717, 1.165) is 61.0 Å². The fourth-order valence-electron chi connectivity index (χ4n) is 10.3. The standard InChI is InChI=1S/C59H51N3/c1-41-37-46(42-31-33-43(34-32-42)48-39-55(44-17-5-2-6-18-44)60-56(40-48)45-19-7-3-8-20-45)35-36-61(57-29-13-11-25-51(41)57)50-24-15-21-47(38-50)52-27-16-28-54-53-26-12-14-30-58(53)62(59(52)54)49-22-9-4-10-23-49/h2-7,9-14,16-17,19,21-23,25-33,35-40,43-44,53,58H,1,8,15,18,20,24,34H2/b36-35-,46-37+. The molecule has 0 N–H and O–H groups in total. The van der Waals surface area contributed by atoms with Crippen LogP contribution < -0.4 is 9.80 Å². The number of pyridine rings is 1. The van der Waals surface area contributed by atoms with E-state index in [2.05, 4.69) is 217 Å². The van der Waals surface area contributed by atoms with Gasteiger partial charge in [0.1, 0.15) is 0 Å². The number of para-hydroxylation sites is 3. The summed E-state index contributed by atoms with van der Waals surface area (Å²) in [6.45, 7) is 4.66. The van der Waals surface area contributed by atoms with E-state index < -0.39 is 0 Å². The number of fused-ring (bicyclic) bond motifs is 4. The highest BCUT2D eigenvalue weighted by Crippen LogP contribution is 2.51. The maximum absolute atomic E-state index is 5.25. The molecular formula is C59H51N3. The number of nitrogens with zero attached hydrogens (tertiary/aromatic N) is 3. The lowest BCUT2D eigenvalue weighted by Crippen LogP contribution is -2.28. The smallest absolute Gasteiger partial charge is 0.0668 e. The normalized spacial score (nSPS) is 24.8. The first-order valence-electron chi connectivity index (χ1n) is 22.5. The van der Waals surface area contributed by atoms with Crippen molar-refractivity contribution >= 4 is 33.8 Å². The van der Waals surface area contributed by atoms with E-state index >= 15 is 0 Å². The van der Waals surface area contributed by atoms with E-state index in [9.17, 15) is 0 Å². The Balaban J connectivity index is 0.912. The lowest BCUT2D eigenvalue weighted by atomic mass is 9.85. The molecule has 302 valence electrons. The molecule has 3 nitrogen and oxygen atoms in total. The van der Waals surface area contributed by atoms with Crippen LogP contribution in [0.5, 0.6) is 0 Å². The van der Waals surface area contributed by atoms with Crippen LogP contribution in [-0.4, -0.2) is 11.0 Å². The maximum Gasteiger partial charge on any atom is 0.0668 e. The van der Waals surface area contributed by atoms with Gasteiger partial charge in [-0.05, 0) is 126 Å². The quantitative estimate of drug-likeness (QED) is 0.186. The van der Waals surface area contributed by atoms with Gasteiger partial charge in [0.2, 0.25) is 0 Å². The third kappa shape index (κ3) is 7.12. The lowest BCUT2D eigenvalue weighted by Gasteiger charge is -2.32. The Morgan fingerprint density at radius 3 is 2.37 bits per heavy atom. The fraction of sp³-hybridized carbons (Fsp3) is 0.169. The second-order valence-corrected chi connectivity index (χ2v) is 17.3. The Bertz CT molecular complexity index is 2840. The van der Waals surface area contributed by atoms with Crippen molar-refractivity contribution in [2.24, 2.45) is 0 Å². The van der Waals surface area contributed by atoms with Crippen LogP contribution in [0, 0.1) is 0 Å². The van der Waals surface area contributed by atoms with Gasteiger partial charge >= 0.3 is 0 Å². The molecular weight excluding hydrogens is 751 g/mol. The van der Waals surface area contributed by atoms with Crippen molar-refractivity contribution in [2.45, 2.75) is 62.3 Å². The first kappa shape index (κ1) is 38.0. The first-order valence-corrected chi connectivity index (χ1v) is 22.5. The molecule has 11 rings (SSSR count). The minimum Gasteiger partial charge on any atom is -0.333 e. The van der Waals surface area contributed by atoms with Gasteiger partial charge < -0.3 is 9.80 Å². The van der Waals surface area contributed by atoms with Gasteiger partial charge in [0.25, 0.3) is 0 Å². The summed E-state index contributed by atoms with van der Waals surface area (Å²) in [5, 5.41) is 0. The van der Waals surface area contributed by atoms with E-state index in [1.165, 1.54) is 61.7 Å². The number of rotatable bonds is 7. The van der Waals surface area contributed by atoms with Crippen LogP contribution in [-0.2, 0) is 0 Å². The molecule has 1 aromatic heterocycles. The number of hydrogen-bond acceptors (Lipinski definition) is 3. The molecule has 0 saturated heterocycles. The van der Waals surface area contributed by atoms with E-state index in [4.69, 9.17) is 4.98 Å². The summed E-state index contributed by atoms with van der Waals surface area (Å²) in [5.41, 5.74) is 18.5. The van der Waals surface area contributed by atoms with Crippen molar-refractivity contribution in [1.29, 1.82) is 0 Å². The Morgan fingerprint density at radius 1 is 0.645 bits per heavy atom. The molecule has 0 fully saturated rings. The minimum atomic E-state index is 0.248. The maximum atomic E-state index is 5.25. The summed E-state index contributed by atoms with van der Waals surface area (Å²) in [6, 6.07) is 31.5. The van der Waals surface area contributed by atoms with Crippen LogP contribution in [0.2, 0.25) is 0 Å². The van der Waals surface area contributed by atoms with Gasteiger partial charge in [-0.25, -0.2) is 0 Å². The first-order chi connectivity index (χ1) is 30.7. The van der Waals surface area contributed by atoms with E-state index in [1.807, 2.05) is 0 Å². The molecule has 4 atom stereocenters. The SMILES string of the molecule is C=C1/C=C(C2=CCC(c3cc(C4=CC=CCC4)nc(C4C=CC=CC4)c3)C=C2)\C=C/N(C2=CC(c3cccc4c3N(c3ccccc3)C3C=CC=CC43)=CCC2)c2ccccc21. The molecule has 0 saturated carbocycles. The average molecular weight is 802 g/mol. The summed E-state index contributed by atoms with van der Waals surface area (Å²) in [7, 11) is 0. The Hall–Kier alpha value is -6.97. The van der Waals surface area contributed by atoms with Crippen LogP contribution in [0.4, 0.5) is 17.1 Å². The molecule has 4 aromatic rings. The number of aromatic nitrogens is 1.